The third kappa shape index (κ3) is 3.25. The number of nitrogens with one attached hydrogen (secondary N) is 2. The van der Waals surface area contributed by atoms with Gasteiger partial charge < -0.3 is 9.72 Å². The molecule has 0 bridgehead atoms. The molecule has 1 unspecified atom stereocenters. The Kier molecular flexibility index (Phi) is 4.59. The highest BCUT2D eigenvalue weighted by Gasteiger charge is 2.45. The first-order valence-electron chi connectivity index (χ1n) is 9.16. The van der Waals surface area contributed by atoms with Gasteiger partial charge in [-0.05, 0) is 48.1 Å². The van der Waals surface area contributed by atoms with Crippen molar-refractivity contribution in [3.05, 3.63) is 58.7 Å². The number of halogens is 1. The third-order valence-corrected chi connectivity index (χ3v) is 6.62. The zero-order chi connectivity index (χ0) is 20.1. The summed E-state index contributed by atoms with van der Waals surface area (Å²) in [6.45, 7) is 2.24. The van der Waals surface area contributed by atoms with Gasteiger partial charge in [-0.1, -0.05) is 36.7 Å². The second kappa shape index (κ2) is 6.71. The largest absolute Gasteiger partial charge is 0.495 e. The van der Waals surface area contributed by atoms with Crippen molar-refractivity contribution < 1.29 is 13.2 Å². The summed E-state index contributed by atoms with van der Waals surface area (Å²) in [5.74, 6) is 1.16. The van der Waals surface area contributed by atoms with E-state index in [0.29, 0.717) is 22.4 Å². The second-order valence-corrected chi connectivity index (χ2v) is 9.79. The predicted molar refractivity (Wildman–Crippen MR) is 114 cm³/mol. The standard InChI is InChI=1S/C21H23ClN2O3S/c1-21(13-7-8-13,14-9-10-17(22)19(11-14)27-2)16-12-23-20-15(16)5-4-6-18(20)24-28(3,25)26/h4-6,9-13,23-24H,7-8H2,1-3H3. The summed E-state index contributed by atoms with van der Waals surface area (Å²) in [6.07, 6.45) is 5.45. The Balaban J connectivity index is 1.90. The molecule has 1 heterocycles. The van der Waals surface area contributed by atoms with Crippen LogP contribution in [0.25, 0.3) is 10.9 Å². The second-order valence-electron chi connectivity index (χ2n) is 7.63. The maximum absolute atomic E-state index is 11.7. The molecule has 0 spiro atoms. The minimum absolute atomic E-state index is 0.236. The van der Waals surface area contributed by atoms with Gasteiger partial charge >= 0.3 is 0 Å². The number of para-hydroxylation sites is 1. The fourth-order valence-corrected chi connectivity index (χ4v) is 4.89. The summed E-state index contributed by atoms with van der Waals surface area (Å²) in [4.78, 5) is 3.29. The van der Waals surface area contributed by atoms with Gasteiger partial charge in [0.2, 0.25) is 10.0 Å². The van der Waals surface area contributed by atoms with E-state index in [1.54, 1.807) is 13.2 Å². The van der Waals surface area contributed by atoms with Crippen LogP contribution in [0.1, 0.15) is 30.9 Å². The lowest BCUT2D eigenvalue weighted by molar-refractivity contribution is 0.411. The molecule has 1 aliphatic carbocycles. The normalized spacial score (nSPS) is 16.7. The van der Waals surface area contributed by atoms with Crippen LogP contribution < -0.4 is 9.46 Å². The van der Waals surface area contributed by atoms with Crippen LogP contribution in [0.3, 0.4) is 0 Å². The molecule has 1 atom stereocenters. The number of benzene rings is 2. The maximum atomic E-state index is 11.7. The fourth-order valence-electron chi connectivity index (χ4n) is 4.12. The van der Waals surface area contributed by atoms with Gasteiger partial charge in [0.1, 0.15) is 5.75 Å². The Morgan fingerprint density at radius 1 is 1.25 bits per heavy atom. The Morgan fingerprint density at radius 3 is 2.64 bits per heavy atom. The van der Waals surface area contributed by atoms with Crippen LogP contribution in [-0.2, 0) is 15.4 Å². The minimum Gasteiger partial charge on any atom is -0.495 e. The summed E-state index contributed by atoms with van der Waals surface area (Å²) >= 11 is 6.25. The molecular formula is C21H23ClN2O3S. The fraction of sp³-hybridized carbons (Fsp3) is 0.333. The van der Waals surface area contributed by atoms with Crippen LogP contribution in [0.5, 0.6) is 5.75 Å². The molecule has 28 heavy (non-hydrogen) atoms. The van der Waals surface area contributed by atoms with E-state index in [4.69, 9.17) is 16.3 Å². The number of aromatic amines is 1. The van der Waals surface area contributed by atoms with E-state index >= 15 is 0 Å². The first kappa shape index (κ1) is 19.2. The van der Waals surface area contributed by atoms with Crippen LogP contribution in [-0.4, -0.2) is 26.8 Å². The number of aromatic nitrogens is 1. The van der Waals surface area contributed by atoms with Crippen molar-refractivity contribution in [2.45, 2.75) is 25.2 Å². The molecular weight excluding hydrogens is 396 g/mol. The lowest BCUT2D eigenvalue weighted by atomic mass is 9.72. The molecule has 7 heteroatoms. The highest BCUT2D eigenvalue weighted by molar-refractivity contribution is 7.92. The number of fused-ring (bicyclic) bond motifs is 1. The Labute approximate surface area is 170 Å². The van der Waals surface area contributed by atoms with E-state index in [1.165, 1.54) is 0 Å². The van der Waals surface area contributed by atoms with Gasteiger partial charge in [0.15, 0.2) is 0 Å². The van der Waals surface area contributed by atoms with E-state index in [1.807, 2.05) is 30.5 Å². The molecule has 148 valence electrons. The van der Waals surface area contributed by atoms with Gasteiger partial charge in [-0.25, -0.2) is 8.42 Å². The molecule has 0 aliphatic heterocycles. The number of hydrogen-bond donors (Lipinski definition) is 2. The molecule has 2 N–H and O–H groups in total. The van der Waals surface area contributed by atoms with Crippen LogP contribution >= 0.6 is 11.6 Å². The van der Waals surface area contributed by atoms with Crippen molar-refractivity contribution in [1.82, 2.24) is 4.98 Å². The van der Waals surface area contributed by atoms with E-state index in [2.05, 4.69) is 22.7 Å². The first-order chi connectivity index (χ1) is 13.2. The highest BCUT2D eigenvalue weighted by Crippen LogP contribution is 2.53. The number of sulfonamides is 1. The first-order valence-corrected chi connectivity index (χ1v) is 11.4. The van der Waals surface area contributed by atoms with Crippen LogP contribution in [0.4, 0.5) is 5.69 Å². The van der Waals surface area contributed by atoms with Crippen molar-refractivity contribution in [3.63, 3.8) is 0 Å². The van der Waals surface area contributed by atoms with E-state index in [-0.39, 0.29) is 5.41 Å². The number of H-pyrrole nitrogens is 1. The Morgan fingerprint density at radius 2 is 2.00 bits per heavy atom. The minimum atomic E-state index is -3.37. The molecule has 5 nitrogen and oxygen atoms in total. The van der Waals surface area contributed by atoms with Gasteiger partial charge in [0.25, 0.3) is 0 Å². The molecule has 1 fully saturated rings. The van der Waals surface area contributed by atoms with Crippen LogP contribution in [0.2, 0.25) is 5.02 Å². The van der Waals surface area contributed by atoms with Crippen molar-refractivity contribution in [3.8, 4) is 5.75 Å². The zero-order valence-corrected chi connectivity index (χ0v) is 17.6. The molecule has 2 aromatic carbocycles. The molecule has 1 aliphatic rings. The van der Waals surface area contributed by atoms with Crippen molar-refractivity contribution >= 4 is 38.2 Å². The van der Waals surface area contributed by atoms with Gasteiger partial charge in [-0.3, -0.25) is 4.72 Å². The number of rotatable bonds is 6. The Hall–Kier alpha value is -2.18. The lowest BCUT2D eigenvalue weighted by Gasteiger charge is -2.31. The number of anilines is 1. The van der Waals surface area contributed by atoms with Crippen LogP contribution in [0, 0.1) is 5.92 Å². The SMILES string of the molecule is COc1cc(C(C)(c2c[nH]c3c(NS(C)(=O)=O)cccc23)C2CC2)ccc1Cl. The number of ether oxygens (including phenoxy) is 1. The van der Waals surface area contributed by atoms with E-state index in [9.17, 15) is 8.42 Å². The average Bonchev–Trinajstić information content (AvgIpc) is 3.40. The molecule has 0 amide bonds. The van der Waals surface area contributed by atoms with E-state index < -0.39 is 10.0 Å². The van der Waals surface area contributed by atoms with Crippen molar-refractivity contribution in [1.29, 1.82) is 0 Å². The summed E-state index contributed by atoms with van der Waals surface area (Å²) in [6, 6.07) is 11.6. The summed E-state index contributed by atoms with van der Waals surface area (Å²) in [7, 11) is -1.75. The third-order valence-electron chi connectivity index (χ3n) is 5.71. The zero-order valence-electron chi connectivity index (χ0n) is 16.0. The van der Waals surface area contributed by atoms with Gasteiger partial charge in [-0.15, -0.1) is 0 Å². The quantitative estimate of drug-likeness (QED) is 0.597. The smallest absolute Gasteiger partial charge is 0.229 e. The monoisotopic (exact) mass is 418 g/mol. The highest BCUT2D eigenvalue weighted by atomic mass is 35.5. The maximum Gasteiger partial charge on any atom is 0.229 e. The number of hydrogen-bond acceptors (Lipinski definition) is 3. The number of methoxy groups -OCH3 is 1. The molecule has 4 rings (SSSR count). The molecule has 1 aromatic heterocycles. The van der Waals surface area contributed by atoms with Gasteiger partial charge in [-0.2, -0.15) is 0 Å². The topological polar surface area (TPSA) is 71.2 Å². The summed E-state index contributed by atoms with van der Waals surface area (Å²) < 4.78 is 31.5. The molecule has 0 saturated heterocycles. The van der Waals surface area contributed by atoms with Crippen LogP contribution in [0.15, 0.2) is 42.6 Å². The molecule has 0 radical (unpaired) electrons. The molecule has 3 aromatic rings. The van der Waals surface area contributed by atoms with Gasteiger partial charge in [0.05, 0.1) is 29.6 Å². The lowest BCUT2D eigenvalue weighted by Crippen LogP contribution is -2.26. The van der Waals surface area contributed by atoms with Crippen molar-refractivity contribution in [2.24, 2.45) is 5.92 Å². The summed E-state index contributed by atoms with van der Waals surface area (Å²) in [5.41, 5.74) is 3.39. The van der Waals surface area contributed by atoms with Crippen molar-refractivity contribution in [2.75, 3.05) is 18.1 Å². The predicted octanol–water partition coefficient (Wildman–Crippen LogP) is 4.92. The van der Waals surface area contributed by atoms with E-state index in [0.717, 1.165) is 41.1 Å². The Bertz CT molecular complexity index is 1150. The average molecular weight is 419 g/mol. The molecule has 1 saturated carbocycles. The van der Waals surface area contributed by atoms with Gasteiger partial charge in [0, 0.05) is 17.0 Å². The summed E-state index contributed by atoms with van der Waals surface area (Å²) in [5, 5.41) is 1.60.